The molecule has 1 fully saturated rings. The minimum atomic E-state index is 0.954. The van der Waals surface area contributed by atoms with Gasteiger partial charge < -0.3 is 15.1 Å². The topological polar surface area (TPSA) is 18.5 Å². The Bertz CT molecular complexity index is 126. The Kier molecular flexibility index (Phi) is 14.8. The summed E-state index contributed by atoms with van der Waals surface area (Å²) >= 11 is 0. The van der Waals surface area contributed by atoms with Crippen LogP contribution in [-0.4, -0.2) is 64.2 Å². The molecule has 3 nitrogen and oxygen atoms in total. The molecule has 0 amide bonds. The molecule has 0 bridgehead atoms. The van der Waals surface area contributed by atoms with E-state index in [2.05, 4.69) is 50.0 Å². The molecule has 0 radical (unpaired) electrons. The molecule has 3 heteroatoms. The van der Waals surface area contributed by atoms with Crippen molar-refractivity contribution in [2.24, 2.45) is 5.92 Å². The number of likely N-dealkylation sites (tertiary alicyclic amines) is 1. The Balaban J connectivity index is 0. The molecule has 1 rings (SSSR count). The zero-order valence-electron chi connectivity index (χ0n) is 12.5. The summed E-state index contributed by atoms with van der Waals surface area (Å²) in [6.45, 7) is 11.7. The van der Waals surface area contributed by atoms with Gasteiger partial charge in [0.05, 0.1) is 0 Å². The maximum absolute atomic E-state index is 2.75. The first-order valence-corrected chi connectivity index (χ1v) is 6.47. The zero-order valence-corrected chi connectivity index (χ0v) is 12.5. The summed E-state index contributed by atoms with van der Waals surface area (Å²) in [5, 5.41) is 2.75. The largest absolute Gasteiger partial charge is 0.323 e. The van der Waals surface area contributed by atoms with Crippen LogP contribution >= 0.6 is 0 Å². The van der Waals surface area contributed by atoms with Crippen LogP contribution in [0.1, 0.15) is 27.2 Å². The second-order valence-electron chi connectivity index (χ2n) is 4.68. The summed E-state index contributed by atoms with van der Waals surface area (Å²) < 4.78 is 0. The average Bonchev–Trinajstić information content (AvgIpc) is 2.66. The van der Waals surface area contributed by atoms with Crippen molar-refractivity contribution < 1.29 is 0 Å². The van der Waals surface area contributed by atoms with Crippen LogP contribution in [0, 0.1) is 5.92 Å². The van der Waals surface area contributed by atoms with Crippen molar-refractivity contribution in [1.29, 1.82) is 0 Å². The Labute approximate surface area is 103 Å². The molecule has 1 unspecified atom stereocenters. The van der Waals surface area contributed by atoms with Gasteiger partial charge in [0.2, 0.25) is 0 Å². The fourth-order valence-electron chi connectivity index (χ4n) is 1.31. The van der Waals surface area contributed by atoms with Gasteiger partial charge >= 0.3 is 0 Å². The molecule has 0 aromatic carbocycles. The minimum Gasteiger partial charge on any atom is -0.323 e. The van der Waals surface area contributed by atoms with Crippen molar-refractivity contribution in [2.75, 3.05) is 54.4 Å². The van der Waals surface area contributed by atoms with E-state index in [-0.39, 0.29) is 0 Å². The third kappa shape index (κ3) is 13.9. The maximum atomic E-state index is 2.75. The molecular formula is C13H33N3. The number of hydrogen-bond donors (Lipinski definition) is 1. The minimum absolute atomic E-state index is 0.954. The third-order valence-corrected chi connectivity index (χ3v) is 2.59. The van der Waals surface area contributed by atoms with Gasteiger partial charge in [0.15, 0.2) is 0 Å². The molecule has 1 atom stereocenters. The zero-order chi connectivity index (χ0) is 13.0. The monoisotopic (exact) mass is 231 g/mol. The van der Waals surface area contributed by atoms with Crippen molar-refractivity contribution in [3.8, 4) is 0 Å². The Hall–Kier alpha value is -0.120. The Morgan fingerprint density at radius 1 is 1.25 bits per heavy atom. The van der Waals surface area contributed by atoms with Crippen molar-refractivity contribution in [3.05, 3.63) is 0 Å². The lowest BCUT2D eigenvalue weighted by Crippen LogP contribution is -2.18. The number of rotatable bonds is 2. The van der Waals surface area contributed by atoms with Gasteiger partial charge in [-0.3, -0.25) is 0 Å². The second-order valence-corrected chi connectivity index (χ2v) is 4.68. The summed E-state index contributed by atoms with van der Waals surface area (Å²) in [7, 11) is 7.86. The molecule has 0 saturated carbocycles. The van der Waals surface area contributed by atoms with E-state index in [1.165, 1.54) is 26.1 Å². The predicted octanol–water partition coefficient (Wildman–Crippen LogP) is 1.75. The van der Waals surface area contributed by atoms with Crippen molar-refractivity contribution in [2.45, 2.75) is 27.2 Å². The first-order valence-electron chi connectivity index (χ1n) is 6.47. The summed E-state index contributed by atoms with van der Waals surface area (Å²) in [5.74, 6) is 0.954. The summed E-state index contributed by atoms with van der Waals surface area (Å²) in [6.07, 6.45) is 1.41. The molecular weight excluding hydrogens is 198 g/mol. The summed E-state index contributed by atoms with van der Waals surface area (Å²) in [4.78, 5) is 4.63. The van der Waals surface area contributed by atoms with Crippen molar-refractivity contribution in [3.63, 3.8) is 0 Å². The van der Waals surface area contributed by atoms with E-state index in [9.17, 15) is 0 Å². The molecule has 16 heavy (non-hydrogen) atoms. The van der Waals surface area contributed by atoms with E-state index in [0.29, 0.717) is 0 Å². The van der Waals surface area contributed by atoms with Crippen LogP contribution in [0.3, 0.4) is 0 Å². The quantitative estimate of drug-likeness (QED) is 0.781. The van der Waals surface area contributed by atoms with Gasteiger partial charge in [-0.25, -0.2) is 0 Å². The molecule has 0 aromatic heterocycles. The standard InChI is InChI=1S/C7H15N.C4H11N.C2H7N/c1-3-8-5-4-7(2)6-8;1-4-5(2)3;1-3-2/h7H,3-6H2,1-2H3;4H2,1-3H3;3H,1-2H3. The lowest BCUT2D eigenvalue weighted by molar-refractivity contribution is 0.346. The fourth-order valence-corrected chi connectivity index (χ4v) is 1.31. The van der Waals surface area contributed by atoms with E-state index in [1.807, 2.05) is 14.1 Å². The molecule has 1 heterocycles. The maximum Gasteiger partial charge on any atom is 0.000738 e. The van der Waals surface area contributed by atoms with Gasteiger partial charge in [0.1, 0.15) is 0 Å². The Morgan fingerprint density at radius 2 is 1.69 bits per heavy atom. The molecule has 0 aromatic rings. The van der Waals surface area contributed by atoms with E-state index in [0.717, 1.165) is 12.5 Å². The van der Waals surface area contributed by atoms with E-state index in [4.69, 9.17) is 0 Å². The van der Waals surface area contributed by atoms with Crippen LogP contribution in [0.2, 0.25) is 0 Å². The lowest BCUT2D eigenvalue weighted by Gasteiger charge is -2.09. The molecule has 1 aliphatic rings. The van der Waals surface area contributed by atoms with Crippen LogP contribution < -0.4 is 5.32 Å². The van der Waals surface area contributed by atoms with Crippen LogP contribution in [0.15, 0.2) is 0 Å². The summed E-state index contributed by atoms with van der Waals surface area (Å²) in [5.41, 5.74) is 0. The van der Waals surface area contributed by atoms with Crippen LogP contribution in [0.5, 0.6) is 0 Å². The van der Waals surface area contributed by atoms with Gasteiger partial charge in [-0.15, -0.1) is 0 Å². The fraction of sp³-hybridized carbons (Fsp3) is 1.00. The average molecular weight is 231 g/mol. The highest BCUT2D eigenvalue weighted by Gasteiger charge is 2.15. The van der Waals surface area contributed by atoms with E-state index >= 15 is 0 Å². The van der Waals surface area contributed by atoms with Gasteiger partial charge in [0, 0.05) is 6.54 Å². The predicted molar refractivity (Wildman–Crippen MR) is 75.1 cm³/mol. The summed E-state index contributed by atoms with van der Waals surface area (Å²) in [6, 6.07) is 0. The SMILES string of the molecule is CCN(C)C.CCN1CCC(C)C1.CNC. The number of nitrogens with zero attached hydrogens (tertiary/aromatic N) is 2. The van der Waals surface area contributed by atoms with E-state index < -0.39 is 0 Å². The van der Waals surface area contributed by atoms with Crippen LogP contribution in [-0.2, 0) is 0 Å². The van der Waals surface area contributed by atoms with Gasteiger partial charge in [0.25, 0.3) is 0 Å². The van der Waals surface area contributed by atoms with Gasteiger partial charge in [-0.2, -0.15) is 0 Å². The highest BCUT2D eigenvalue weighted by atomic mass is 15.1. The smallest absolute Gasteiger partial charge is 0.000738 e. The lowest BCUT2D eigenvalue weighted by atomic mass is 10.2. The molecule has 1 N–H and O–H groups in total. The Morgan fingerprint density at radius 3 is 1.81 bits per heavy atom. The van der Waals surface area contributed by atoms with Crippen LogP contribution in [0.25, 0.3) is 0 Å². The molecule has 1 saturated heterocycles. The highest BCUT2D eigenvalue weighted by molar-refractivity contribution is 4.70. The highest BCUT2D eigenvalue weighted by Crippen LogP contribution is 2.13. The third-order valence-electron chi connectivity index (χ3n) is 2.59. The first kappa shape index (κ1) is 18.3. The van der Waals surface area contributed by atoms with Crippen molar-refractivity contribution in [1.82, 2.24) is 15.1 Å². The number of hydrogen-bond acceptors (Lipinski definition) is 3. The van der Waals surface area contributed by atoms with E-state index in [1.54, 1.807) is 0 Å². The second kappa shape index (κ2) is 12.9. The molecule has 1 aliphatic heterocycles. The molecule has 0 spiro atoms. The number of nitrogens with one attached hydrogen (secondary N) is 1. The molecule has 0 aliphatic carbocycles. The van der Waals surface area contributed by atoms with Gasteiger partial charge in [-0.1, -0.05) is 20.8 Å². The molecule has 100 valence electrons. The van der Waals surface area contributed by atoms with Crippen molar-refractivity contribution >= 4 is 0 Å². The van der Waals surface area contributed by atoms with Gasteiger partial charge in [-0.05, 0) is 60.2 Å². The van der Waals surface area contributed by atoms with Crippen LogP contribution in [0.4, 0.5) is 0 Å². The first-order chi connectivity index (χ1) is 7.51. The normalized spacial score (nSPS) is 19.9.